The van der Waals surface area contributed by atoms with E-state index in [4.69, 9.17) is 9.47 Å². The maximum absolute atomic E-state index is 12.2. The first-order valence-corrected chi connectivity index (χ1v) is 6.02. The number of hydrogen-bond donors (Lipinski definition) is 0. The van der Waals surface area contributed by atoms with Gasteiger partial charge in [-0.3, -0.25) is 4.79 Å². The molecule has 0 aromatic heterocycles. The number of likely N-dealkylation sites (N-methyl/N-ethyl adjacent to an activating group) is 1. The third-order valence-electron chi connectivity index (χ3n) is 3.30. The predicted molar refractivity (Wildman–Crippen MR) is 68.4 cm³/mol. The normalized spacial score (nSPS) is 26.3. The summed E-state index contributed by atoms with van der Waals surface area (Å²) in [6.45, 7) is 5.59. The Hall–Kier alpha value is -1.71. The van der Waals surface area contributed by atoms with Crippen LogP contribution in [0, 0.1) is 5.92 Å². The van der Waals surface area contributed by atoms with Crippen LogP contribution in [0.15, 0.2) is 35.4 Å². The van der Waals surface area contributed by atoms with Crippen molar-refractivity contribution in [2.45, 2.75) is 26.4 Å². The number of nitrogens with zero attached hydrogens (tertiary/aromatic N) is 1. The molecule has 1 unspecified atom stereocenters. The molecule has 1 atom stereocenters. The minimum Gasteiger partial charge on any atom is -0.500 e. The Balaban J connectivity index is 2.52. The Labute approximate surface area is 108 Å². The van der Waals surface area contributed by atoms with E-state index < -0.39 is 5.60 Å². The van der Waals surface area contributed by atoms with Crippen LogP contribution in [0.5, 0.6) is 0 Å². The molecule has 0 N–H and O–H groups in total. The zero-order valence-corrected chi connectivity index (χ0v) is 11.5. The lowest BCUT2D eigenvalue weighted by Crippen LogP contribution is -2.48. The summed E-state index contributed by atoms with van der Waals surface area (Å²) in [6, 6.07) is 0. The van der Waals surface area contributed by atoms with Crippen molar-refractivity contribution in [1.29, 1.82) is 0 Å². The van der Waals surface area contributed by atoms with Gasteiger partial charge in [0.2, 0.25) is 0 Å². The fraction of sp³-hybridized carbons (Fsp3) is 0.500. The molecule has 0 radical (unpaired) electrons. The molecule has 1 amide bonds. The molecule has 0 fully saturated rings. The maximum Gasteiger partial charge on any atom is 0.270 e. The van der Waals surface area contributed by atoms with E-state index in [0.717, 1.165) is 11.5 Å². The fourth-order valence-corrected chi connectivity index (χ4v) is 2.17. The van der Waals surface area contributed by atoms with Gasteiger partial charge in [-0.1, -0.05) is 13.0 Å². The molecule has 0 saturated heterocycles. The lowest BCUT2D eigenvalue weighted by atomic mass is 10.0. The third kappa shape index (κ3) is 1.92. The van der Waals surface area contributed by atoms with Crippen molar-refractivity contribution in [3.05, 3.63) is 35.4 Å². The van der Waals surface area contributed by atoms with Gasteiger partial charge in [0.25, 0.3) is 5.91 Å². The zero-order valence-electron chi connectivity index (χ0n) is 11.5. The number of hydrogen-bond acceptors (Lipinski definition) is 3. The van der Waals surface area contributed by atoms with E-state index >= 15 is 0 Å². The van der Waals surface area contributed by atoms with Gasteiger partial charge in [0.05, 0.1) is 12.8 Å². The summed E-state index contributed by atoms with van der Waals surface area (Å²) in [5, 5.41) is 0. The van der Waals surface area contributed by atoms with Crippen LogP contribution in [0.25, 0.3) is 0 Å². The zero-order chi connectivity index (χ0) is 13.5. The highest BCUT2D eigenvalue weighted by Gasteiger charge is 2.40. The second-order valence-corrected chi connectivity index (χ2v) is 5.12. The first-order valence-electron chi connectivity index (χ1n) is 6.02. The largest absolute Gasteiger partial charge is 0.500 e. The van der Waals surface area contributed by atoms with Crippen LogP contribution in [0.2, 0.25) is 0 Å². The summed E-state index contributed by atoms with van der Waals surface area (Å²) < 4.78 is 11.1. The van der Waals surface area contributed by atoms with Crippen LogP contribution in [0.4, 0.5) is 0 Å². The minimum atomic E-state index is -0.827. The number of allylic oxidation sites excluding steroid dienone is 3. The highest BCUT2D eigenvalue weighted by Crippen LogP contribution is 2.33. The van der Waals surface area contributed by atoms with Crippen molar-refractivity contribution in [2.24, 2.45) is 5.92 Å². The van der Waals surface area contributed by atoms with E-state index in [-0.39, 0.29) is 11.8 Å². The van der Waals surface area contributed by atoms with Crippen molar-refractivity contribution in [3.63, 3.8) is 0 Å². The molecular formula is C14H19NO3. The Morgan fingerprint density at radius 2 is 2.11 bits per heavy atom. The first kappa shape index (κ1) is 12.7. The van der Waals surface area contributed by atoms with Gasteiger partial charge in [-0.25, -0.2) is 0 Å². The van der Waals surface area contributed by atoms with Gasteiger partial charge in [-0.2, -0.15) is 0 Å². The molecule has 2 rings (SSSR count). The molecule has 4 nitrogen and oxygen atoms in total. The van der Waals surface area contributed by atoms with Crippen molar-refractivity contribution in [2.75, 3.05) is 14.2 Å². The van der Waals surface area contributed by atoms with Gasteiger partial charge in [0.15, 0.2) is 5.60 Å². The molecule has 0 saturated carbocycles. The Bertz CT molecular complexity index is 471. The van der Waals surface area contributed by atoms with Gasteiger partial charge < -0.3 is 14.4 Å². The average Bonchev–Trinajstić information content (AvgIpc) is 2.46. The molecule has 4 heteroatoms. The fourth-order valence-electron chi connectivity index (χ4n) is 2.17. The average molecular weight is 249 g/mol. The second kappa shape index (κ2) is 4.19. The van der Waals surface area contributed by atoms with Crippen LogP contribution in [0.3, 0.4) is 0 Å². The predicted octanol–water partition coefficient (Wildman–Crippen LogP) is 2.20. The number of amides is 1. The first-order chi connectivity index (χ1) is 8.36. The molecule has 0 bridgehead atoms. The van der Waals surface area contributed by atoms with Crippen LogP contribution in [-0.4, -0.2) is 30.6 Å². The van der Waals surface area contributed by atoms with Crippen LogP contribution in [0.1, 0.15) is 20.8 Å². The Morgan fingerprint density at radius 3 is 2.72 bits per heavy atom. The van der Waals surface area contributed by atoms with Crippen molar-refractivity contribution >= 4 is 5.91 Å². The smallest absolute Gasteiger partial charge is 0.270 e. The van der Waals surface area contributed by atoms with Crippen LogP contribution in [-0.2, 0) is 14.3 Å². The molecule has 1 heterocycles. The maximum atomic E-state index is 12.2. The van der Waals surface area contributed by atoms with Gasteiger partial charge in [-0.05, 0) is 19.9 Å². The van der Waals surface area contributed by atoms with E-state index in [9.17, 15) is 4.79 Å². The quantitative estimate of drug-likeness (QED) is 0.715. The number of carbonyl (C=O) groups is 1. The highest BCUT2D eigenvalue weighted by atomic mass is 16.5. The highest BCUT2D eigenvalue weighted by molar-refractivity contribution is 5.87. The molecule has 98 valence electrons. The van der Waals surface area contributed by atoms with Crippen LogP contribution >= 0.6 is 0 Å². The van der Waals surface area contributed by atoms with Gasteiger partial charge in [0, 0.05) is 19.0 Å². The van der Waals surface area contributed by atoms with Crippen LogP contribution < -0.4 is 0 Å². The molecule has 2 aliphatic rings. The van der Waals surface area contributed by atoms with E-state index in [1.165, 1.54) is 0 Å². The molecule has 1 aliphatic carbocycles. The Morgan fingerprint density at radius 1 is 1.44 bits per heavy atom. The molecule has 1 aliphatic heterocycles. The van der Waals surface area contributed by atoms with Gasteiger partial charge in [-0.15, -0.1) is 0 Å². The molecule has 0 aromatic carbocycles. The van der Waals surface area contributed by atoms with Gasteiger partial charge in [0.1, 0.15) is 11.5 Å². The lowest BCUT2D eigenvalue weighted by Gasteiger charge is -2.36. The van der Waals surface area contributed by atoms with E-state index in [2.05, 4.69) is 0 Å². The lowest BCUT2D eigenvalue weighted by molar-refractivity contribution is -0.150. The SMILES string of the molecule is COC1=CC2=C(C=CC1C)OC(C)(C)C(=O)N2C. The second-order valence-electron chi connectivity index (χ2n) is 5.12. The number of carbonyl (C=O) groups excluding carboxylic acids is 1. The Kier molecular flexibility index (Phi) is 2.97. The minimum absolute atomic E-state index is 0.0593. The number of ether oxygens (including phenoxy) is 2. The summed E-state index contributed by atoms with van der Waals surface area (Å²) in [5.41, 5.74) is -0.0798. The van der Waals surface area contributed by atoms with E-state index in [1.807, 2.05) is 25.2 Å². The summed E-state index contributed by atoms with van der Waals surface area (Å²) in [4.78, 5) is 13.8. The number of methoxy groups -OCH3 is 1. The molecular weight excluding hydrogens is 230 g/mol. The molecule has 0 aromatic rings. The molecule has 18 heavy (non-hydrogen) atoms. The topological polar surface area (TPSA) is 38.8 Å². The third-order valence-corrected chi connectivity index (χ3v) is 3.30. The van der Waals surface area contributed by atoms with E-state index in [0.29, 0.717) is 5.76 Å². The summed E-state index contributed by atoms with van der Waals surface area (Å²) in [7, 11) is 3.40. The van der Waals surface area contributed by atoms with Crippen molar-refractivity contribution in [3.8, 4) is 0 Å². The van der Waals surface area contributed by atoms with E-state index in [1.54, 1.807) is 32.9 Å². The summed E-state index contributed by atoms with van der Waals surface area (Å²) in [5.74, 6) is 1.63. The van der Waals surface area contributed by atoms with Gasteiger partial charge >= 0.3 is 0 Å². The monoisotopic (exact) mass is 249 g/mol. The van der Waals surface area contributed by atoms with Crippen molar-refractivity contribution in [1.82, 2.24) is 4.90 Å². The summed E-state index contributed by atoms with van der Waals surface area (Å²) in [6.07, 6.45) is 5.79. The number of rotatable bonds is 1. The van der Waals surface area contributed by atoms with Crippen molar-refractivity contribution < 1.29 is 14.3 Å². The summed E-state index contributed by atoms with van der Waals surface area (Å²) >= 11 is 0. The molecule has 0 spiro atoms. The standard InChI is InChI=1S/C14H19NO3/c1-9-6-7-11-10(8-12(9)17-5)15(4)13(16)14(2,3)18-11/h6-9H,1-5H3.